The zero-order valence-corrected chi connectivity index (χ0v) is 14.5. The molecule has 2 aromatic heterocycles. The van der Waals surface area contributed by atoms with Crippen molar-refractivity contribution in [2.75, 3.05) is 12.3 Å². The Balaban J connectivity index is 1.70. The topological polar surface area (TPSA) is 106 Å². The maximum Gasteiger partial charge on any atom is 0.253 e. The second-order valence-corrected chi connectivity index (χ2v) is 6.88. The van der Waals surface area contributed by atoms with Crippen LogP contribution < -0.4 is 5.73 Å². The van der Waals surface area contributed by atoms with Crippen LogP contribution in [0, 0.1) is 13.8 Å². The smallest absolute Gasteiger partial charge is 0.253 e. The number of likely N-dealkylation sites (tertiary alicyclic amines) is 1. The minimum Gasteiger partial charge on any atom is -0.368 e. The van der Waals surface area contributed by atoms with Gasteiger partial charge in [-0.15, -0.1) is 5.10 Å². The van der Waals surface area contributed by atoms with Gasteiger partial charge in [-0.2, -0.15) is 4.98 Å². The Bertz CT molecular complexity index is 790. The van der Waals surface area contributed by atoms with Gasteiger partial charge in [-0.1, -0.05) is 11.8 Å². The van der Waals surface area contributed by atoms with Crippen LogP contribution in [0.2, 0.25) is 0 Å². The normalized spacial score (nSPS) is 18.1. The van der Waals surface area contributed by atoms with E-state index in [9.17, 15) is 9.59 Å². The van der Waals surface area contributed by atoms with E-state index in [1.54, 1.807) is 9.42 Å². The first-order valence-corrected chi connectivity index (χ1v) is 8.87. The summed E-state index contributed by atoms with van der Waals surface area (Å²) >= 11 is 1.25. The zero-order valence-electron chi connectivity index (χ0n) is 13.7. The number of hydrogen-bond donors (Lipinski definition) is 1. The number of nitrogens with two attached hydrogens (primary N) is 1. The number of rotatable bonds is 4. The average molecular weight is 348 g/mol. The molecule has 1 aliphatic heterocycles. The van der Waals surface area contributed by atoms with Crippen molar-refractivity contribution in [2.45, 2.75) is 44.3 Å². The maximum absolute atomic E-state index is 12.4. The number of carbonyl (C=O) groups excluding carboxylic acids is 2. The predicted molar refractivity (Wildman–Crippen MR) is 89.5 cm³/mol. The fourth-order valence-electron chi connectivity index (χ4n) is 2.94. The molecule has 0 saturated carbocycles. The van der Waals surface area contributed by atoms with Crippen molar-refractivity contribution in [3.05, 3.63) is 17.5 Å². The lowest BCUT2D eigenvalue weighted by molar-refractivity contribution is -0.138. The molecule has 8 nitrogen and oxygen atoms in total. The van der Waals surface area contributed by atoms with Crippen LogP contribution in [0.4, 0.5) is 0 Å². The molecule has 2 aromatic rings. The van der Waals surface area contributed by atoms with Gasteiger partial charge in [0.2, 0.25) is 17.0 Å². The number of carbonyl (C=O) groups is 2. The van der Waals surface area contributed by atoms with E-state index in [4.69, 9.17) is 5.73 Å². The van der Waals surface area contributed by atoms with Crippen LogP contribution in [0.5, 0.6) is 0 Å². The molecule has 0 bridgehead atoms. The van der Waals surface area contributed by atoms with Crippen molar-refractivity contribution in [1.82, 2.24) is 24.5 Å². The minimum atomic E-state index is -0.493. The molecule has 3 heterocycles. The molecule has 1 atom stereocenters. The van der Waals surface area contributed by atoms with Gasteiger partial charge in [0.1, 0.15) is 6.04 Å². The molecular formula is C15H20N6O2S. The van der Waals surface area contributed by atoms with E-state index in [2.05, 4.69) is 15.1 Å². The van der Waals surface area contributed by atoms with Gasteiger partial charge in [-0.25, -0.2) is 9.50 Å². The Kier molecular flexibility index (Phi) is 4.70. The van der Waals surface area contributed by atoms with Crippen LogP contribution in [-0.4, -0.2) is 54.6 Å². The Morgan fingerprint density at radius 1 is 1.33 bits per heavy atom. The fourth-order valence-corrected chi connectivity index (χ4v) is 3.65. The first-order chi connectivity index (χ1) is 11.5. The van der Waals surface area contributed by atoms with Gasteiger partial charge in [-0.05, 0) is 39.2 Å². The van der Waals surface area contributed by atoms with Crippen LogP contribution >= 0.6 is 11.8 Å². The highest BCUT2D eigenvalue weighted by atomic mass is 32.2. The van der Waals surface area contributed by atoms with Crippen LogP contribution in [0.25, 0.3) is 5.78 Å². The van der Waals surface area contributed by atoms with Crippen LogP contribution in [0.15, 0.2) is 11.2 Å². The molecule has 128 valence electrons. The summed E-state index contributed by atoms with van der Waals surface area (Å²) < 4.78 is 1.66. The highest BCUT2D eigenvalue weighted by Crippen LogP contribution is 2.20. The third kappa shape index (κ3) is 3.35. The Labute approximate surface area is 143 Å². The SMILES string of the molecule is Cc1cc(C)n2nc(SCC(=O)N3CCCC[C@H]3C(N)=O)nc2n1. The summed E-state index contributed by atoms with van der Waals surface area (Å²) in [6.07, 6.45) is 2.46. The lowest BCUT2D eigenvalue weighted by Gasteiger charge is -2.33. The van der Waals surface area contributed by atoms with Gasteiger partial charge in [0.25, 0.3) is 5.78 Å². The number of primary amides is 1. The van der Waals surface area contributed by atoms with Crippen LogP contribution in [0.3, 0.4) is 0 Å². The Hall–Kier alpha value is -2.16. The predicted octanol–water partition coefficient (Wildman–Crippen LogP) is 0.700. The summed E-state index contributed by atoms with van der Waals surface area (Å²) in [5.41, 5.74) is 7.22. The summed E-state index contributed by atoms with van der Waals surface area (Å²) in [6.45, 7) is 4.41. The fraction of sp³-hybridized carbons (Fsp3) is 0.533. The van der Waals surface area contributed by atoms with Crippen molar-refractivity contribution >= 4 is 29.4 Å². The molecule has 0 radical (unpaired) electrons. The van der Waals surface area contributed by atoms with E-state index in [0.717, 1.165) is 24.2 Å². The van der Waals surface area contributed by atoms with Crippen molar-refractivity contribution < 1.29 is 9.59 Å². The number of fused-ring (bicyclic) bond motifs is 1. The van der Waals surface area contributed by atoms with Gasteiger partial charge in [-0.3, -0.25) is 9.59 Å². The molecule has 0 aliphatic carbocycles. The molecule has 1 saturated heterocycles. The average Bonchev–Trinajstić information content (AvgIpc) is 2.95. The van der Waals surface area contributed by atoms with Gasteiger partial charge in [0.15, 0.2) is 0 Å². The van der Waals surface area contributed by atoms with E-state index in [-0.39, 0.29) is 11.7 Å². The number of thioether (sulfide) groups is 1. The number of piperidine rings is 1. The third-order valence-corrected chi connectivity index (χ3v) is 4.90. The summed E-state index contributed by atoms with van der Waals surface area (Å²) in [4.78, 5) is 34.2. The second kappa shape index (κ2) is 6.76. The molecule has 0 spiro atoms. The maximum atomic E-state index is 12.4. The third-order valence-electron chi connectivity index (χ3n) is 4.08. The highest BCUT2D eigenvalue weighted by molar-refractivity contribution is 7.99. The van der Waals surface area contributed by atoms with Crippen LogP contribution in [-0.2, 0) is 9.59 Å². The van der Waals surface area contributed by atoms with Crippen molar-refractivity contribution in [2.24, 2.45) is 5.73 Å². The number of hydrogen-bond acceptors (Lipinski definition) is 6. The first kappa shape index (κ1) is 16.7. The number of nitrogens with zero attached hydrogens (tertiary/aromatic N) is 5. The monoisotopic (exact) mass is 348 g/mol. The van der Waals surface area contributed by atoms with E-state index in [0.29, 0.717) is 23.9 Å². The summed E-state index contributed by atoms with van der Waals surface area (Å²) in [7, 11) is 0. The van der Waals surface area contributed by atoms with Crippen molar-refractivity contribution in [3.63, 3.8) is 0 Å². The quantitative estimate of drug-likeness (QED) is 0.815. The molecule has 24 heavy (non-hydrogen) atoms. The van der Waals surface area contributed by atoms with Gasteiger partial charge >= 0.3 is 0 Å². The van der Waals surface area contributed by atoms with Gasteiger partial charge in [0.05, 0.1) is 5.75 Å². The van der Waals surface area contributed by atoms with Crippen molar-refractivity contribution in [3.8, 4) is 0 Å². The molecular weight excluding hydrogens is 328 g/mol. The highest BCUT2D eigenvalue weighted by Gasteiger charge is 2.30. The lowest BCUT2D eigenvalue weighted by Crippen LogP contribution is -2.51. The van der Waals surface area contributed by atoms with Crippen LogP contribution in [0.1, 0.15) is 30.7 Å². The van der Waals surface area contributed by atoms with E-state index in [1.165, 1.54) is 11.8 Å². The van der Waals surface area contributed by atoms with Crippen molar-refractivity contribution in [1.29, 1.82) is 0 Å². The molecule has 0 aromatic carbocycles. The molecule has 9 heteroatoms. The van der Waals surface area contributed by atoms with Gasteiger partial charge in [0, 0.05) is 17.9 Å². The Morgan fingerprint density at radius 3 is 2.88 bits per heavy atom. The number of amides is 2. The molecule has 1 fully saturated rings. The number of aromatic nitrogens is 4. The molecule has 3 rings (SSSR count). The largest absolute Gasteiger partial charge is 0.368 e. The molecule has 1 aliphatic rings. The summed E-state index contributed by atoms with van der Waals surface area (Å²) in [5.74, 6) is 0.159. The molecule has 0 unspecified atom stereocenters. The summed E-state index contributed by atoms with van der Waals surface area (Å²) in [5, 5.41) is 4.87. The standard InChI is InChI=1S/C15H20N6O2S/c1-9-7-10(2)21-14(17-9)18-15(19-21)24-8-12(22)20-6-4-3-5-11(20)13(16)23/h7,11H,3-6,8H2,1-2H3,(H2,16,23)/t11-/m0/s1. The minimum absolute atomic E-state index is 0.108. The zero-order chi connectivity index (χ0) is 17.3. The Morgan fingerprint density at radius 2 is 2.12 bits per heavy atom. The summed E-state index contributed by atoms with van der Waals surface area (Å²) in [6, 6.07) is 1.43. The van der Waals surface area contributed by atoms with E-state index >= 15 is 0 Å². The first-order valence-electron chi connectivity index (χ1n) is 7.88. The molecule has 2 N–H and O–H groups in total. The molecule has 2 amide bonds. The van der Waals surface area contributed by atoms with E-state index < -0.39 is 11.9 Å². The second-order valence-electron chi connectivity index (χ2n) is 5.93. The van der Waals surface area contributed by atoms with E-state index in [1.807, 2.05) is 19.9 Å². The lowest BCUT2D eigenvalue weighted by atomic mass is 10.0. The number of aryl methyl sites for hydroxylation is 2. The van der Waals surface area contributed by atoms with Gasteiger partial charge < -0.3 is 10.6 Å².